The third kappa shape index (κ3) is 4.20. The molecule has 0 unspecified atom stereocenters. The Balaban J connectivity index is 2.14. The second kappa shape index (κ2) is 7.99. The molecule has 1 heterocycles. The number of amides is 1. The van der Waals surface area contributed by atoms with Crippen molar-refractivity contribution in [3.05, 3.63) is 53.9 Å². The molecular weight excluding hydrogens is 284 g/mol. The maximum atomic E-state index is 11.8. The van der Waals surface area contributed by atoms with Crippen LogP contribution in [0.5, 0.6) is 11.5 Å². The van der Waals surface area contributed by atoms with Gasteiger partial charge in [-0.1, -0.05) is 6.07 Å². The molecule has 1 amide bonds. The summed E-state index contributed by atoms with van der Waals surface area (Å²) in [7, 11) is 1.38. The highest BCUT2D eigenvalue weighted by Crippen LogP contribution is 2.29. The Kier molecular flexibility index (Phi) is 5.73. The summed E-state index contributed by atoms with van der Waals surface area (Å²) in [6, 6.07) is 8.74. The summed E-state index contributed by atoms with van der Waals surface area (Å²) < 4.78 is 11.3. The predicted molar refractivity (Wildman–Crippen MR) is 80.7 cm³/mol. The lowest BCUT2D eigenvalue weighted by Gasteiger charge is -2.13. The van der Waals surface area contributed by atoms with Crippen molar-refractivity contribution in [2.75, 3.05) is 13.7 Å². The second-order valence-corrected chi connectivity index (χ2v) is 4.38. The van der Waals surface area contributed by atoms with E-state index in [2.05, 4.69) is 15.3 Å². The number of carbonyl (C=O) groups excluding carboxylic acids is 1. The van der Waals surface area contributed by atoms with Crippen LogP contribution in [-0.4, -0.2) is 24.6 Å². The summed E-state index contributed by atoms with van der Waals surface area (Å²) in [6.45, 7) is 2.71. The highest BCUT2D eigenvalue weighted by atomic mass is 16.6. The van der Waals surface area contributed by atoms with Gasteiger partial charge in [0.15, 0.2) is 11.5 Å². The van der Waals surface area contributed by atoms with E-state index >= 15 is 0 Å². The normalized spacial score (nSPS) is 10.1. The number of pyridine rings is 1. The van der Waals surface area contributed by atoms with Crippen LogP contribution in [0.3, 0.4) is 0 Å². The van der Waals surface area contributed by atoms with Gasteiger partial charge in [0.05, 0.1) is 13.7 Å². The zero-order valence-corrected chi connectivity index (χ0v) is 12.5. The average molecular weight is 302 g/mol. The third-order valence-corrected chi connectivity index (χ3v) is 2.82. The number of nitrogens with zero attached hydrogens (tertiary/aromatic N) is 1. The van der Waals surface area contributed by atoms with Gasteiger partial charge in [-0.15, -0.1) is 0 Å². The first-order valence-corrected chi connectivity index (χ1v) is 6.86. The zero-order chi connectivity index (χ0) is 15.8. The van der Waals surface area contributed by atoms with Crippen LogP contribution >= 0.6 is 0 Å². The number of benzene rings is 1. The van der Waals surface area contributed by atoms with Gasteiger partial charge in [-0.25, -0.2) is 5.48 Å². The van der Waals surface area contributed by atoms with Crippen LogP contribution in [0.4, 0.5) is 0 Å². The van der Waals surface area contributed by atoms with Crippen molar-refractivity contribution < 1.29 is 19.1 Å². The Bertz CT molecular complexity index is 617. The molecule has 1 aromatic heterocycles. The molecule has 6 nitrogen and oxygen atoms in total. The van der Waals surface area contributed by atoms with Gasteiger partial charge in [0, 0.05) is 23.5 Å². The first kappa shape index (κ1) is 15.8. The molecule has 0 saturated carbocycles. The van der Waals surface area contributed by atoms with Crippen molar-refractivity contribution in [2.24, 2.45) is 0 Å². The van der Waals surface area contributed by atoms with Crippen molar-refractivity contribution in [1.82, 2.24) is 10.5 Å². The van der Waals surface area contributed by atoms with Crippen LogP contribution in [0.1, 0.15) is 22.8 Å². The summed E-state index contributed by atoms with van der Waals surface area (Å²) in [5.74, 6) is 0.733. The topological polar surface area (TPSA) is 69.7 Å². The molecule has 116 valence electrons. The highest BCUT2D eigenvalue weighted by molar-refractivity contribution is 5.94. The summed E-state index contributed by atoms with van der Waals surface area (Å²) in [5, 5.41) is 0. The van der Waals surface area contributed by atoms with Crippen molar-refractivity contribution >= 4 is 5.91 Å². The lowest BCUT2D eigenvalue weighted by Crippen LogP contribution is -2.21. The van der Waals surface area contributed by atoms with Gasteiger partial charge in [-0.2, -0.15) is 0 Å². The molecule has 0 spiro atoms. The molecule has 6 heteroatoms. The van der Waals surface area contributed by atoms with Gasteiger partial charge >= 0.3 is 0 Å². The molecule has 22 heavy (non-hydrogen) atoms. The number of hydrogen-bond donors (Lipinski definition) is 1. The molecular formula is C16H18N2O4. The molecule has 1 N–H and O–H groups in total. The smallest absolute Gasteiger partial charge is 0.274 e. The van der Waals surface area contributed by atoms with E-state index in [-0.39, 0.29) is 5.91 Å². The summed E-state index contributed by atoms with van der Waals surface area (Å²) in [6.07, 6.45) is 3.44. The Labute approximate surface area is 129 Å². The van der Waals surface area contributed by atoms with Crippen LogP contribution < -0.4 is 15.0 Å². The Hall–Kier alpha value is -2.60. The maximum Gasteiger partial charge on any atom is 0.274 e. The van der Waals surface area contributed by atoms with E-state index in [1.54, 1.807) is 30.6 Å². The minimum atomic E-state index is -0.345. The van der Waals surface area contributed by atoms with E-state index in [0.717, 1.165) is 5.56 Å². The lowest BCUT2D eigenvalue weighted by atomic mass is 10.2. The Morgan fingerprint density at radius 3 is 2.77 bits per heavy atom. The van der Waals surface area contributed by atoms with E-state index in [9.17, 15) is 4.79 Å². The van der Waals surface area contributed by atoms with E-state index < -0.39 is 0 Å². The monoisotopic (exact) mass is 302 g/mol. The molecule has 0 fully saturated rings. The molecule has 0 aliphatic heterocycles. The highest BCUT2D eigenvalue weighted by Gasteiger charge is 2.11. The van der Waals surface area contributed by atoms with Crippen molar-refractivity contribution in [2.45, 2.75) is 13.5 Å². The minimum absolute atomic E-state index is 0.345. The van der Waals surface area contributed by atoms with Crippen LogP contribution in [0.15, 0.2) is 42.7 Å². The Morgan fingerprint density at radius 2 is 2.09 bits per heavy atom. The first-order valence-electron chi connectivity index (χ1n) is 6.86. The molecule has 2 aromatic rings. The number of ether oxygens (including phenoxy) is 2. The van der Waals surface area contributed by atoms with Crippen LogP contribution in [0.25, 0.3) is 0 Å². The van der Waals surface area contributed by atoms with E-state index in [0.29, 0.717) is 30.3 Å². The molecule has 0 bridgehead atoms. The van der Waals surface area contributed by atoms with Gasteiger partial charge in [-0.3, -0.25) is 14.6 Å². The molecule has 0 aliphatic carbocycles. The fraction of sp³-hybridized carbons (Fsp3) is 0.250. The quantitative estimate of drug-likeness (QED) is 0.795. The van der Waals surface area contributed by atoms with E-state index in [1.807, 2.05) is 19.1 Å². The number of rotatable bonds is 7. The van der Waals surface area contributed by atoms with Crippen LogP contribution in [0, 0.1) is 0 Å². The maximum absolute atomic E-state index is 11.8. The van der Waals surface area contributed by atoms with Gasteiger partial charge in [0.1, 0.15) is 6.61 Å². The van der Waals surface area contributed by atoms with Crippen molar-refractivity contribution in [1.29, 1.82) is 0 Å². The average Bonchev–Trinajstić information content (AvgIpc) is 2.55. The fourth-order valence-corrected chi connectivity index (χ4v) is 1.83. The molecule has 2 rings (SSSR count). The number of nitrogens with one attached hydrogen (secondary N) is 1. The molecule has 1 aromatic carbocycles. The van der Waals surface area contributed by atoms with E-state index in [1.165, 1.54) is 7.11 Å². The number of hydrogen-bond acceptors (Lipinski definition) is 5. The van der Waals surface area contributed by atoms with Gasteiger partial charge < -0.3 is 9.47 Å². The van der Waals surface area contributed by atoms with Gasteiger partial charge in [-0.05, 0) is 31.2 Å². The Morgan fingerprint density at radius 1 is 1.23 bits per heavy atom. The fourth-order valence-electron chi connectivity index (χ4n) is 1.83. The zero-order valence-electron chi connectivity index (χ0n) is 12.5. The third-order valence-electron chi connectivity index (χ3n) is 2.82. The molecule has 0 atom stereocenters. The van der Waals surface area contributed by atoms with E-state index in [4.69, 9.17) is 9.47 Å². The molecule has 0 radical (unpaired) electrons. The summed E-state index contributed by atoms with van der Waals surface area (Å²) in [4.78, 5) is 20.4. The standard InChI is InChI=1S/C16H18N2O4/c1-3-21-15-9-13(16(19)18-20-2)6-7-14(15)22-11-12-5-4-8-17-10-12/h4-10H,3,11H2,1-2H3,(H,18,19). The second-order valence-electron chi connectivity index (χ2n) is 4.38. The lowest BCUT2D eigenvalue weighted by molar-refractivity contribution is 0.0537. The van der Waals surface area contributed by atoms with Gasteiger partial charge in [0.25, 0.3) is 5.91 Å². The molecule has 0 saturated heterocycles. The number of carbonyl (C=O) groups is 1. The number of aromatic nitrogens is 1. The SMILES string of the molecule is CCOc1cc(C(=O)NOC)ccc1OCc1cccnc1. The summed E-state index contributed by atoms with van der Waals surface area (Å²) in [5.41, 5.74) is 3.64. The predicted octanol–water partition coefficient (Wildman–Crippen LogP) is 2.35. The van der Waals surface area contributed by atoms with Crippen LogP contribution in [0.2, 0.25) is 0 Å². The minimum Gasteiger partial charge on any atom is -0.490 e. The summed E-state index contributed by atoms with van der Waals surface area (Å²) >= 11 is 0. The largest absolute Gasteiger partial charge is 0.490 e. The molecule has 0 aliphatic rings. The first-order chi connectivity index (χ1) is 10.7. The van der Waals surface area contributed by atoms with Gasteiger partial charge in [0.2, 0.25) is 0 Å². The van der Waals surface area contributed by atoms with Crippen LogP contribution in [-0.2, 0) is 11.4 Å². The number of hydroxylamine groups is 1. The van der Waals surface area contributed by atoms with Crippen molar-refractivity contribution in [3.8, 4) is 11.5 Å². The van der Waals surface area contributed by atoms with Crippen molar-refractivity contribution in [3.63, 3.8) is 0 Å².